The minimum Gasteiger partial charge on any atom is -0.339 e. The SMILES string of the molecule is Cc1cccc(C)c1C1CCN(C(=O)/C=C/c2cccc(/C=C/C(=O)NO)n2)CC1. The van der Waals surface area contributed by atoms with Gasteiger partial charge < -0.3 is 4.90 Å². The standard InChI is InChI=1S/C24H27N3O3/c1-17-5-3-6-18(2)24(17)19-13-15-27(16-14-19)23(29)12-10-21-8-4-7-20(25-21)9-11-22(28)26-30/h3-12,19,30H,13-16H2,1-2H3,(H,26,28)/b11-9+,12-10+. The number of likely N-dealkylation sites (tertiary alicyclic amines) is 1. The number of piperidine rings is 1. The number of carbonyl (C=O) groups is 2. The van der Waals surface area contributed by atoms with Crippen molar-refractivity contribution in [2.45, 2.75) is 32.6 Å². The van der Waals surface area contributed by atoms with Gasteiger partial charge in [-0.15, -0.1) is 0 Å². The molecule has 0 unspecified atom stereocenters. The van der Waals surface area contributed by atoms with E-state index in [4.69, 9.17) is 5.21 Å². The fraction of sp³-hybridized carbons (Fsp3) is 0.292. The second-order valence-electron chi connectivity index (χ2n) is 7.54. The Labute approximate surface area is 176 Å². The zero-order valence-electron chi connectivity index (χ0n) is 17.3. The monoisotopic (exact) mass is 405 g/mol. The fourth-order valence-electron chi connectivity index (χ4n) is 3.97. The molecule has 2 aromatic rings. The third kappa shape index (κ3) is 5.42. The lowest BCUT2D eigenvalue weighted by Crippen LogP contribution is -2.37. The molecular weight excluding hydrogens is 378 g/mol. The maximum atomic E-state index is 12.6. The van der Waals surface area contributed by atoms with Gasteiger partial charge in [-0.3, -0.25) is 14.8 Å². The van der Waals surface area contributed by atoms with Crippen molar-refractivity contribution < 1.29 is 14.8 Å². The lowest BCUT2D eigenvalue weighted by atomic mass is 9.84. The summed E-state index contributed by atoms with van der Waals surface area (Å²) in [5, 5.41) is 8.52. The Morgan fingerprint density at radius 1 is 1.00 bits per heavy atom. The molecule has 30 heavy (non-hydrogen) atoms. The zero-order chi connectivity index (χ0) is 21.5. The second kappa shape index (κ2) is 9.98. The molecule has 6 heteroatoms. The summed E-state index contributed by atoms with van der Waals surface area (Å²) in [5.41, 5.74) is 6.81. The predicted molar refractivity (Wildman–Crippen MR) is 117 cm³/mol. The van der Waals surface area contributed by atoms with E-state index in [1.165, 1.54) is 34.3 Å². The number of carbonyl (C=O) groups excluding carboxylic acids is 2. The van der Waals surface area contributed by atoms with Gasteiger partial charge in [0, 0.05) is 25.2 Å². The smallest absolute Gasteiger partial charge is 0.267 e. The lowest BCUT2D eigenvalue weighted by Gasteiger charge is -2.33. The molecule has 0 bridgehead atoms. The number of amides is 2. The van der Waals surface area contributed by atoms with Crippen molar-refractivity contribution in [3.63, 3.8) is 0 Å². The molecule has 0 radical (unpaired) electrons. The van der Waals surface area contributed by atoms with Gasteiger partial charge in [-0.1, -0.05) is 24.3 Å². The first kappa shape index (κ1) is 21.5. The van der Waals surface area contributed by atoms with Crippen molar-refractivity contribution in [3.05, 3.63) is 76.6 Å². The number of hydroxylamine groups is 1. The summed E-state index contributed by atoms with van der Waals surface area (Å²) in [6.45, 7) is 5.81. The molecule has 2 amide bonds. The first-order valence-electron chi connectivity index (χ1n) is 10.1. The molecule has 156 valence electrons. The van der Waals surface area contributed by atoms with Gasteiger partial charge in [0.15, 0.2) is 0 Å². The van der Waals surface area contributed by atoms with Crippen molar-refractivity contribution in [3.8, 4) is 0 Å². The van der Waals surface area contributed by atoms with Crippen molar-refractivity contribution in [2.24, 2.45) is 0 Å². The highest BCUT2D eigenvalue weighted by Crippen LogP contribution is 2.32. The van der Waals surface area contributed by atoms with E-state index in [0.29, 0.717) is 17.3 Å². The number of pyridine rings is 1. The first-order valence-corrected chi connectivity index (χ1v) is 10.1. The van der Waals surface area contributed by atoms with Crippen molar-refractivity contribution in [2.75, 3.05) is 13.1 Å². The first-order chi connectivity index (χ1) is 14.5. The van der Waals surface area contributed by atoms with Gasteiger partial charge in [0.2, 0.25) is 5.91 Å². The van der Waals surface area contributed by atoms with E-state index in [-0.39, 0.29) is 5.91 Å². The molecule has 0 aliphatic carbocycles. The van der Waals surface area contributed by atoms with Gasteiger partial charge >= 0.3 is 0 Å². The Balaban J connectivity index is 1.59. The number of hydrogen-bond acceptors (Lipinski definition) is 4. The Bertz CT molecular complexity index is 953. The average Bonchev–Trinajstić information content (AvgIpc) is 2.76. The summed E-state index contributed by atoms with van der Waals surface area (Å²) >= 11 is 0. The second-order valence-corrected chi connectivity index (χ2v) is 7.54. The molecule has 2 heterocycles. The summed E-state index contributed by atoms with van der Waals surface area (Å²) in [7, 11) is 0. The summed E-state index contributed by atoms with van der Waals surface area (Å²) < 4.78 is 0. The maximum absolute atomic E-state index is 12.6. The highest BCUT2D eigenvalue weighted by Gasteiger charge is 2.24. The molecule has 1 aromatic carbocycles. The quantitative estimate of drug-likeness (QED) is 0.452. The number of rotatable bonds is 5. The highest BCUT2D eigenvalue weighted by atomic mass is 16.5. The third-order valence-corrected chi connectivity index (χ3v) is 5.46. The predicted octanol–water partition coefficient (Wildman–Crippen LogP) is 3.64. The lowest BCUT2D eigenvalue weighted by molar-refractivity contribution is -0.127. The molecule has 1 saturated heterocycles. The summed E-state index contributed by atoms with van der Waals surface area (Å²) in [5.74, 6) is -0.143. The van der Waals surface area contributed by atoms with Gasteiger partial charge in [-0.05, 0) is 73.6 Å². The normalized spacial score (nSPS) is 15.1. The number of aromatic nitrogens is 1. The van der Waals surface area contributed by atoms with Crippen molar-refractivity contribution >= 4 is 24.0 Å². The van der Waals surface area contributed by atoms with E-state index >= 15 is 0 Å². The number of aryl methyl sites for hydroxylation is 2. The Morgan fingerprint density at radius 3 is 2.17 bits per heavy atom. The van der Waals surface area contributed by atoms with Crippen LogP contribution >= 0.6 is 0 Å². The summed E-state index contributed by atoms with van der Waals surface area (Å²) in [6.07, 6.45) is 7.84. The van der Waals surface area contributed by atoms with E-state index in [9.17, 15) is 9.59 Å². The molecule has 1 aliphatic rings. The van der Waals surface area contributed by atoms with Gasteiger partial charge in [0.25, 0.3) is 5.91 Å². The number of nitrogens with one attached hydrogen (secondary N) is 1. The highest BCUT2D eigenvalue weighted by molar-refractivity contribution is 5.92. The van der Waals surface area contributed by atoms with E-state index < -0.39 is 5.91 Å². The van der Waals surface area contributed by atoms with Gasteiger partial charge in [-0.25, -0.2) is 10.5 Å². The van der Waals surface area contributed by atoms with Crippen LogP contribution < -0.4 is 5.48 Å². The van der Waals surface area contributed by atoms with Gasteiger partial charge in [0.05, 0.1) is 11.4 Å². The molecule has 1 aliphatic heterocycles. The molecule has 0 saturated carbocycles. The summed E-state index contributed by atoms with van der Waals surface area (Å²) in [4.78, 5) is 29.9. The van der Waals surface area contributed by atoms with Crippen LogP contribution in [0.25, 0.3) is 12.2 Å². The van der Waals surface area contributed by atoms with Crippen LogP contribution in [0.1, 0.15) is 46.8 Å². The minimum absolute atomic E-state index is 0.0163. The van der Waals surface area contributed by atoms with Crippen LogP contribution in [0.3, 0.4) is 0 Å². The topological polar surface area (TPSA) is 82.5 Å². The Morgan fingerprint density at radius 2 is 1.57 bits per heavy atom. The maximum Gasteiger partial charge on any atom is 0.267 e. The van der Waals surface area contributed by atoms with E-state index in [0.717, 1.165) is 25.9 Å². The molecular formula is C24H27N3O3. The molecule has 3 rings (SSSR count). The van der Waals surface area contributed by atoms with Crippen LogP contribution in [0.2, 0.25) is 0 Å². The van der Waals surface area contributed by atoms with Crippen LogP contribution in [-0.2, 0) is 9.59 Å². The molecule has 2 N–H and O–H groups in total. The van der Waals surface area contributed by atoms with Crippen LogP contribution in [0.15, 0.2) is 48.6 Å². The van der Waals surface area contributed by atoms with Crippen molar-refractivity contribution in [1.29, 1.82) is 0 Å². The van der Waals surface area contributed by atoms with E-state index in [1.807, 2.05) is 4.90 Å². The Hall–Kier alpha value is -3.25. The van der Waals surface area contributed by atoms with Gasteiger partial charge in [0.1, 0.15) is 0 Å². The molecule has 0 atom stereocenters. The largest absolute Gasteiger partial charge is 0.339 e. The number of hydrogen-bond donors (Lipinski definition) is 2. The molecule has 1 aromatic heterocycles. The van der Waals surface area contributed by atoms with Crippen LogP contribution in [0, 0.1) is 13.8 Å². The summed E-state index contributed by atoms with van der Waals surface area (Å²) in [6, 6.07) is 11.7. The van der Waals surface area contributed by atoms with Crippen LogP contribution in [0.4, 0.5) is 0 Å². The zero-order valence-corrected chi connectivity index (χ0v) is 17.3. The molecule has 6 nitrogen and oxygen atoms in total. The van der Waals surface area contributed by atoms with Crippen LogP contribution in [0.5, 0.6) is 0 Å². The van der Waals surface area contributed by atoms with E-state index in [1.54, 1.807) is 30.4 Å². The van der Waals surface area contributed by atoms with Gasteiger partial charge in [-0.2, -0.15) is 0 Å². The molecule has 1 fully saturated rings. The third-order valence-electron chi connectivity index (χ3n) is 5.46. The number of benzene rings is 1. The van der Waals surface area contributed by atoms with E-state index in [2.05, 4.69) is 37.0 Å². The molecule has 0 spiro atoms. The van der Waals surface area contributed by atoms with Crippen molar-refractivity contribution in [1.82, 2.24) is 15.4 Å². The van der Waals surface area contributed by atoms with Crippen LogP contribution in [-0.4, -0.2) is 40.0 Å². The number of nitrogens with zero attached hydrogens (tertiary/aromatic N) is 2. The Kier molecular flexibility index (Phi) is 7.14. The fourth-order valence-corrected chi connectivity index (χ4v) is 3.97. The minimum atomic E-state index is -0.628. The average molecular weight is 405 g/mol.